The van der Waals surface area contributed by atoms with Gasteiger partial charge < -0.3 is 5.32 Å². The zero-order valence-corrected chi connectivity index (χ0v) is 14.2. The maximum absolute atomic E-state index is 12.1. The smallest absolute Gasteiger partial charge is 0.238 e. The second-order valence-electron chi connectivity index (χ2n) is 5.93. The van der Waals surface area contributed by atoms with Gasteiger partial charge >= 0.3 is 0 Å². The van der Waals surface area contributed by atoms with Crippen LogP contribution in [0.2, 0.25) is 5.02 Å². The van der Waals surface area contributed by atoms with Crippen LogP contribution in [-0.4, -0.2) is 53.4 Å². The van der Waals surface area contributed by atoms with Crippen LogP contribution in [-0.2, 0) is 11.3 Å². The number of hydrogen-bond acceptors (Lipinski definition) is 4. The maximum atomic E-state index is 12.1. The fourth-order valence-corrected chi connectivity index (χ4v) is 2.99. The number of carbonyl (C=O) groups excluding carboxylic acids is 1. The van der Waals surface area contributed by atoms with E-state index in [1.165, 1.54) is 0 Å². The molecule has 6 heteroatoms. The number of anilines is 1. The van der Waals surface area contributed by atoms with E-state index in [9.17, 15) is 4.79 Å². The normalized spacial score (nSPS) is 16.0. The highest BCUT2D eigenvalue weighted by Gasteiger charge is 2.19. The number of nitrogens with zero attached hydrogens (tertiary/aromatic N) is 3. The van der Waals surface area contributed by atoms with Gasteiger partial charge in [-0.3, -0.25) is 19.6 Å². The molecule has 1 fully saturated rings. The Morgan fingerprint density at radius 2 is 1.88 bits per heavy atom. The lowest BCUT2D eigenvalue weighted by molar-refractivity contribution is -0.117. The summed E-state index contributed by atoms with van der Waals surface area (Å²) in [5.41, 5.74) is 1.82. The summed E-state index contributed by atoms with van der Waals surface area (Å²) in [4.78, 5) is 21.1. The summed E-state index contributed by atoms with van der Waals surface area (Å²) in [7, 11) is 0. The number of amides is 1. The second-order valence-corrected chi connectivity index (χ2v) is 6.37. The number of carbonyl (C=O) groups is 1. The Hall–Kier alpha value is -1.95. The first kappa shape index (κ1) is 16.9. The molecule has 1 aliphatic heterocycles. The lowest BCUT2D eigenvalue weighted by Gasteiger charge is -2.34. The van der Waals surface area contributed by atoms with Crippen molar-refractivity contribution in [3.05, 3.63) is 59.4 Å². The third-order valence-corrected chi connectivity index (χ3v) is 4.29. The van der Waals surface area contributed by atoms with Gasteiger partial charge in [0.05, 0.1) is 12.2 Å². The molecule has 24 heavy (non-hydrogen) atoms. The van der Waals surface area contributed by atoms with Gasteiger partial charge in [-0.25, -0.2) is 0 Å². The highest BCUT2D eigenvalue weighted by molar-refractivity contribution is 6.30. The molecule has 1 aliphatic rings. The van der Waals surface area contributed by atoms with Gasteiger partial charge in [-0.2, -0.15) is 0 Å². The molecule has 1 aromatic heterocycles. The topological polar surface area (TPSA) is 48.5 Å². The maximum Gasteiger partial charge on any atom is 0.238 e. The molecule has 0 spiro atoms. The number of rotatable bonds is 5. The van der Waals surface area contributed by atoms with Crippen LogP contribution in [0.25, 0.3) is 0 Å². The molecule has 1 saturated heterocycles. The fraction of sp³-hybridized carbons (Fsp3) is 0.333. The molecule has 2 aromatic rings. The third-order valence-electron chi connectivity index (χ3n) is 4.05. The molecule has 126 valence electrons. The molecule has 1 aromatic carbocycles. The van der Waals surface area contributed by atoms with E-state index in [0.717, 1.165) is 44.1 Å². The number of nitrogens with one attached hydrogen (secondary N) is 1. The molecule has 0 radical (unpaired) electrons. The lowest BCUT2D eigenvalue weighted by atomic mass is 10.2. The zero-order chi connectivity index (χ0) is 16.8. The average Bonchev–Trinajstić information content (AvgIpc) is 2.57. The van der Waals surface area contributed by atoms with Crippen molar-refractivity contribution >= 4 is 23.2 Å². The van der Waals surface area contributed by atoms with Gasteiger partial charge in [0.25, 0.3) is 0 Å². The van der Waals surface area contributed by atoms with Crippen molar-refractivity contribution in [2.45, 2.75) is 6.54 Å². The zero-order valence-electron chi connectivity index (χ0n) is 13.5. The second kappa shape index (κ2) is 8.24. The molecular weight excluding hydrogens is 324 g/mol. The van der Waals surface area contributed by atoms with Crippen molar-refractivity contribution in [3.8, 4) is 0 Å². The van der Waals surface area contributed by atoms with Crippen LogP contribution in [0.3, 0.4) is 0 Å². The summed E-state index contributed by atoms with van der Waals surface area (Å²) in [6, 6.07) is 13.2. The fourth-order valence-electron chi connectivity index (χ4n) is 2.80. The predicted molar refractivity (Wildman–Crippen MR) is 96.0 cm³/mol. The first-order valence-electron chi connectivity index (χ1n) is 8.09. The molecule has 3 rings (SSSR count). The number of hydrogen-bond donors (Lipinski definition) is 1. The van der Waals surface area contributed by atoms with Crippen LogP contribution in [0.4, 0.5) is 5.69 Å². The van der Waals surface area contributed by atoms with Crippen LogP contribution in [0.1, 0.15) is 5.69 Å². The minimum Gasteiger partial charge on any atom is -0.325 e. The molecule has 0 aliphatic carbocycles. The molecule has 2 heterocycles. The van der Waals surface area contributed by atoms with Crippen LogP contribution in [0.15, 0.2) is 48.7 Å². The van der Waals surface area contributed by atoms with E-state index in [0.29, 0.717) is 11.6 Å². The van der Waals surface area contributed by atoms with Crippen molar-refractivity contribution in [1.82, 2.24) is 14.8 Å². The molecule has 1 amide bonds. The van der Waals surface area contributed by atoms with Crippen LogP contribution < -0.4 is 5.32 Å². The van der Waals surface area contributed by atoms with Gasteiger partial charge in [-0.15, -0.1) is 0 Å². The van der Waals surface area contributed by atoms with Gasteiger partial charge in [0, 0.05) is 49.6 Å². The molecule has 1 N–H and O–H groups in total. The summed E-state index contributed by atoms with van der Waals surface area (Å²) >= 11 is 5.93. The monoisotopic (exact) mass is 344 g/mol. The Labute approximate surface area is 147 Å². The van der Waals surface area contributed by atoms with E-state index in [1.54, 1.807) is 12.1 Å². The third kappa shape index (κ3) is 5.03. The first-order chi connectivity index (χ1) is 11.7. The van der Waals surface area contributed by atoms with Crippen molar-refractivity contribution in [2.75, 3.05) is 38.0 Å². The standard InChI is InChI=1S/C18H21ClN4O/c19-15-4-3-6-16(12-15)21-18(24)14-23-10-8-22(9-11-23)13-17-5-1-2-7-20-17/h1-7,12H,8-11,13-14H2,(H,21,24). The Bertz CT molecular complexity index is 672. The molecule has 5 nitrogen and oxygen atoms in total. The summed E-state index contributed by atoms with van der Waals surface area (Å²) < 4.78 is 0. The van der Waals surface area contributed by atoms with Crippen molar-refractivity contribution in [3.63, 3.8) is 0 Å². The van der Waals surface area contributed by atoms with E-state index in [1.807, 2.05) is 36.5 Å². The number of pyridine rings is 1. The van der Waals surface area contributed by atoms with Crippen molar-refractivity contribution < 1.29 is 4.79 Å². The van der Waals surface area contributed by atoms with Gasteiger partial charge in [0.15, 0.2) is 0 Å². The number of aromatic nitrogens is 1. The minimum atomic E-state index is -0.00422. The molecule has 0 unspecified atom stereocenters. The Balaban J connectivity index is 1.42. The van der Waals surface area contributed by atoms with E-state index in [4.69, 9.17) is 11.6 Å². The van der Waals surface area contributed by atoms with Gasteiger partial charge in [0.1, 0.15) is 0 Å². The Morgan fingerprint density at radius 1 is 1.08 bits per heavy atom. The molecule has 0 saturated carbocycles. The van der Waals surface area contributed by atoms with Crippen LogP contribution in [0.5, 0.6) is 0 Å². The van der Waals surface area contributed by atoms with E-state index < -0.39 is 0 Å². The van der Waals surface area contributed by atoms with Crippen molar-refractivity contribution in [1.29, 1.82) is 0 Å². The molecule has 0 atom stereocenters. The van der Waals surface area contributed by atoms with Gasteiger partial charge in [0.2, 0.25) is 5.91 Å². The number of benzene rings is 1. The summed E-state index contributed by atoms with van der Waals surface area (Å²) in [5, 5.41) is 3.51. The number of piperazine rings is 1. The van der Waals surface area contributed by atoms with Crippen molar-refractivity contribution in [2.24, 2.45) is 0 Å². The highest BCUT2D eigenvalue weighted by atomic mass is 35.5. The Morgan fingerprint density at radius 3 is 2.58 bits per heavy atom. The largest absolute Gasteiger partial charge is 0.325 e. The highest BCUT2D eigenvalue weighted by Crippen LogP contribution is 2.15. The SMILES string of the molecule is O=C(CN1CCN(Cc2ccccn2)CC1)Nc1cccc(Cl)c1. The van der Waals surface area contributed by atoms with Gasteiger partial charge in [-0.05, 0) is 30.3 Å². The van der Waals surface area contributed by atoms with Gasteiger partial charge in [-0.1, -0.05) is 23.7 Å². The number of halogens is 1. The van der Waals surface area contributed by atoms with E-state index in [-0.39, 0.29) is 5.91 Å². The Kier molecular flexibility index (Phi) is 5.80. The molecular formula is C18H21ClN4O. The molecule has 0 bridgehead atoms. The quantitative estimate of drug-likeness (QED) is 0.905. The summed E-state index contributed by atoms with van der Waals surface area (Å²) in [6.45, 7) is 4.93. The van der Waals surface area contributed by atoms with Crippen LogP contribution >= 0.6 is 11.6 Å². The first-order valence-corrected chi connectivity index (χ1v) is 8.47. The average molecular weight is 345 g/mol. The lowest BCUT2D eigenvalue weighted by Crippen LogP contribution is -2.48. The predicted octanol–water partition coefficient (Wildman–Crippen LogP) is 2.49. The van der Waals surface area contributed by atoms with E-state index in [2.05, 4.69) is 20.1 Å². The minimum absolute atomic E-state index is 0.00422. The summed E-state index contributed by atoms with van der Waals surface area (Å²) in [5.74, 6) is -0.00422. The summed E-state index contributed by atoms with van der Waals surface area (Å²) in [6.07, 6.45) is 1.83. The van der Waals surface area contributed by atoms with Crippen LogP contribution in [0, 0.1) is 0 Å². The van der Waals surface area contributed by atoms with E-state index >= 15 is 0 Å².